The van der Waals surface area contributed by atoms with Gasteiger partial charge in [-0.1, -0.05) is 19.1 Å². The topological polar surface area (TPSA) is 15.3 Å². The Bertz CT molecular complexity index is 159. The number of likely N-dealkylation sites (N-methyl/N-ethyl adjacent to an activating group) is 1. The van der Waals surface area contributed by atoms with E-state index in [4.69, 9.17) is 0 Å². The summed E-state index contributed by atoms with van der Waals surface area (Å²) in [5.41, 5.74) is 0. The van der Waals surface area contributed by atoms with Gasteiger partial charge in [-0.2, -0.15) is 0 Å². The summed E-state index contributed by atoms with van der Waals surface area (Å²) >= 11 is 0. The van der Waals surface area contributed by atoms with Gasteiger partial charge in [0, 0.05) is 26.2 Å². The van der Waals surface area contributed by atoms with Crippen molar-refractivity contribution in [2.45, 2.75) is 19.5 Å². The lowest BCUT2D eigenvalue weighted by atomic mass is 10.3. The third-order valence-electron chi connectivity index (χ3n) is 2.26. The van der Waals surface area contributed by atoms with Gasteiger partial charge in [-0.15, -0.1) is 0 Å². The molecule has 76 valence electrons. The molecule has 0 saturated carbocycles. The largest absolute Gasteiger partial charge is 0.314 e. The first kappa shape index (κ1) is 10.7. The highest BCUT2D eigenvalue weighted by molar-refractivity contribution is 4.88. The zero-order valence-corrected chi connectivity index (χ0v) is 8.30. The van der Waals surface area contributed by atoms with Crippen LogP contribution in [0.4, 0.5) is 4.39 Å². The molecule has 0 bridgehead atoms. The Hall–Kier alpha value is -0.410. The van der Waals surface area contributed by atoms with Gasteiger partial charge in [0.1, 0.15) is 6.17 Å². The minimum Gasteiger partial charge on any atom is -0.314 e. The third kappa shape index (κ3) is 4.39. The van der Waals surface area contributed by atoms with Crippen LogP contribution in [0.1, 0.15) is 13.3 Å². The quantitative estimate of drug-likeness (QED) is 0.512. The maximum atomic E-state index is 12.7. The van der Waals surface area contributed by atoms with E-state index < -0.39 is 6.17 Å². The average molecular weight is 186 g/mol. The molecule has 13 heavy (non-hydrogen) atoms. The average Bonchev–Trinajstić information content (AvgIpc) is 2.51. The van der Waals surface area contributed by atoms with Crippen LogP contribution in [0, 0.1) is 0 Å². The van der Waals surface area contributed by atoms with Crippen molar-refractivity contribution in [2.24, 2.45) is 0 Å². The highest BCUT2D eigenvalue weighted by atomic mass is 19.1. The number of alkyl halides is 1. The van der Waals surface area contributed by atoms with E-state index >= 15 is 0 Å². The Balaban J connectivity index is 2.02. The van der Waals surface area contributed by atoms with Crippen LogP contribution in [-0.2, 0) is 0 Å². The van der Waals surface area contributed by atoms with Crippen LogP contribution in [-0.4, -0.2) is 43.8 Å². The highest BCUT2D eigenvalue weighted by Crippen LogP contribution is 2.11. The molecule has 0 aromatic carbocycles. The molecule has 0 aromatic heterocycles. The van der Waals surface area contributed by atoms with Crippen molar-refractivity contribution in [1.82, 2.24) is 10.2 Å². The number of likely N-dealkylation sites (tertiary alicyclic amines) is 1. The van der Waals surface area contributed by atoms with E-state index in [1.165, 1.54) is 0 Å². The lowest BCUT2D eigenvalue weighted by Crippen LogP contribution is -2.21. The summed E-state index contributed by atoms with van der Waals surface area (Å²) in [6.45, 7) is 6.43. The molecule has 1 fully saturated rings. The first-order valence-electron chi connectivity index (χ1n) is 5.05. The molecule has 1 atom stereocenters. The Morgan fingerprint density at radius 3 is 3.00 bits per heavy atom. The molecule has 0 amide bonds. The van der Waals surface area contributed by atoms with Crippen LogP contribution in [0.2, 0.25) is 0 Å². The van der Waals surface area contributed by atoms with E-state index in [1.807, 2.05) is 0 Å². The molecule has 1 N–H and O–H groups in total. The Labute approximate surface area is 79.8 Å². The molecule has 1 aliphatic heterocycles. The molecule has 1 unspecified atom stereocenters. The number of halogens is 1. The summed E-state index contributed by atoms with van der Waals surface area (Å²) in [5, 5.41) is 3.20. The van der Waals surface area contributed by atoms with E-state index in [9.17, 15) is 4.39 Å². The van der Waals surface area contributed by atoms with E-state index in [-0.39, 0.29) is 0 Å². The molecular formula is C10H19FN2. The second kappa shape index (κ2) is 6.11. The van der Waals surface area contributed by atoms with Crippen molar-refractivity contribution in [3.8, 4) is 0 Å². The Kier molecular flexibility index (Phi) is 5.01. The summed E-state index contributed by atoms with van der Waals surface area (Å²) in [6, 6.07) is 0. The Morgan fingerprint density at radius 2 is 2.38 bits per heavy atom. The molecule has 1 saturated heterocycles. The number of nitrogens with one attached hydrogen (secondary N) is 1. The van der Waals surface area contributed by atoms with Crippen molar-refractivity contribution < 1.29 is 4.39 Å². The van der Waals surface area contributed by atoms with Gasteiger partial charge in [0.05, 0.1) is 0 Å². The van der Waals surface area contributed by atoms with Crippen molar-refractivity contribution in [1.29, 1.82) is 0 Å². The van der Waals surface area contributed by atoms with Crippen molar-refractivity contribution >= 4 is 0 Å². The summed E-state index contributed by atoms with van der Waals surface area (Å²) < 4.78 is 12.7. The molecule has 3 heteroatoms. The van der Waals surface area contributed by atoms with E-state index in [0.29, 0.717) is 13.0 Å². The van der Waals surface area contributed by atoms with Gasteiger partial charge in [0.15, 0.2) is 0 Å². The molecule has 1 heterocycles. The SMILES string of the molecule is CCNC/C=C/CN1CCC(F)C1. The minimum absolute atomic E-state index is 0.595. The van der Waals surface area contributed by atoms with E-state index in [2.05, 4.69) is 29.3 Å². The maximum absolute atomic E-state index is 12.7. The second-order valence-electron chi connectivity index (χ2n) is 3.42. The third-order valence-corrected chi connectivity index (χ3v) is 2.26. The predicted molar refractivity (Wildman–Crippen MR) is 53.6 cm³/mol. The fraction of sp³-hybridized carbons (Fsp3) is 0.800. The van der Waals surface area contributed by atoms with Crippen LogP contribution in [0.5, 0.6) is 0 Å². The van der Waals surface area contributed by atoms with E-state index in [1.54, 1.807) is 0 Å². The van der Waals surface area contributed by atoms with E-state index in [0.717, 1.165) is 26.2 Å². The fourth-order valence-corrected chi connectivity index (χ4v) is 1.49. The number of nitrogens with zero attached hydrogens (tertiary/aromatic N) is 1. The number of rotatable bonds is 5. The lowest BCUT2D eigenvalue weighted by molar-refractivity contribution is 0.306. The van der Waals surface area contributed by atoms with Gasteiger partial charge in [0.2, 0.25) is 0 Å². The van der Waals surface area contributed by atoms with Gasteiger partial charge < -0.3 is 5.32 Å². The summed E-state index contributed by atoms with van der Waals surface area (Å²) in [7, 11) is 0. The lowest BCUT2D eigenvalue weighted by Gasteiger charge is -2.10. The van der Waals surface area contributed by atoms with Crippen LogP contribution in [0.15, 0.2) is 12.2 Å². The molecule has 2 nitrogen and oxygen atoms in total. The molecule has 1 rings (SSSR count). The molecular weight excluding hydrogens is 167 g/mol. The number of hydrogen-bond acceptors (Lipinski definition) is 2. The van der Waals surface area contributed by atoms with Crippen LogP contribution < -0.4 is 5.32 Å². The van der Waals surface area contributed by atoms with Crippen molar-refractivity contribution in [3.63, 3.8) is 0 Å². The molecule has 0 radical (unpaired) electrons. The van der Waals surface area contributed by atoms with Gasteiger partial charge >= 0.3 is 0 Å². The Morgan fingerprint density at radius 1 is 1.54 bits per heavy atom. The zero-order valence-electron chi connectivity index (χ0n) is 8.30. The van der Waals surface area contributed by atoms with Gasteiger partial charge in [-0.25, -0.2) is 4.39 Å². The van der Waals surface area contributed by atoms with Crippen LogP contribution in [0.25, 0.3) is 0 Å². The first-order chi connectivity index (χ1) is 6.33. The highest BCUT2D eigenvalue weighted by Gasteiger charge is 2.19. The second-order valence-corrected chi connectivity index (χ2v) is 3.42. The monoisotopic (exact) mass is 186 g/mol. The van der Waals surface area contributed by atoms with Crippen molar-refractivity contribution in [2.75, 3.05) is 32.7 Å². The predicted octanol–water partition coefficient (Wildman–Crippen LogP) is 1.20. The molecule has 0 aromatic rings. The van der Waals surface area contributed by atoms with Gasteiger partial charge in [-0.3, -0.25) is 4.90 Å². The van der Waals surface area contributed by atoms with Crippen molar-refractivity contribution in [3.05, 3.63) is 12.2 Å². The van der Waals surface area contributed by atoms with Gasteiger partial charge in [-0.05, 0) is 13.0 Å². The van der Waals surface area contributed by atoms with Crippen LogP contribution in [0.3, 0.4) is 0 Å². The normalized spacial score (nSPS) is 24.6. The summed E-state index contributed by atoms with van der Waals surface area (Å²) in [5.74, 6) is 0. The summed E-state index contributed by atoms with van der Waals surface area (Å²) in [6.07, 6.45) is 4.33. The smallest absolute Gasteiger partial charge is 0.114 e. The fourth-order valence-electron chi connectivity index (χ4n) is 1.49. The molecule has 1 aliphatic rings. The molecule has 0 aliphatic carbocycles. The minimum atomic E-state index is -0.595. The maximum Gasteiger partial charge on any atom is 0.114 e. The molecule has 0 spiro atoms. The van der Waals surface area contributed by atoms with Gasteiger partial charge in [0.25, 0.3) is 0 Å². The number of hydrogen-bond donors (Lipinski definition) is 1. The zero-order chi connectivity index (χ0) is 9.52. The van der Waals surface area contributed by atoms with Crippen LogP contribution >= 0.6 is 0 Å². The standard InChI is InChI=1S/C10H19FN2/c1-2-12-6-3-4-7-13-8-5-10(11)9-13/h3-4,10,12H,2,5-9H2,1H3/b4-3+. The summed E-state index contributed by atoms with van der Waals surface area (Å²) in [4.78, 5) is 2.15. The first-order valence-corrected chi connectivity index (χ1v) is 5.05.